The molecule has 0 radical (unpaired) electrons. The predicted molar refractivity (Wildman–Crippen MR) is 83.1 cm³/mol. The van der Waals surface area contributed by atoms with Gasteiger partial charge in [-0.2, -0.15) is 5.26 Å². The van der Waals surface area contributed by atoms with Crippen LogP contribution in [0.2, 0.25) is 0 Å². The molecule has 5 nitrogen and oxygen atoms in total. The number of aromatic nitrogens is 2. The lowest BCUT2D eigenvalue weighted by atomic mass is 10.2. The maximum atomic E-state index is 9.03. The molecule has 1 N–H and O–H groups in total. The summed E-state index contributed by atoms with van der Waals surface area (Å²) in [7, 11) is 0. The van der Waals surface area contributed by atoms with Gasteiger partial charge >= 0.3 is 0 Å². The zero-order chi connectivity index (χ0) is 15.2. The molecule has 0 bridgehead atoms. The van der Waals surface area contributed by atoms with Crippen LogP contribution in [0.1, 0.15) is 11.5 Å². The standard InChI is InChI=1S/C17H14N4O/c18-12-14-8-4-5-9-15(14)19-11-10-16-20-21-17(22-16)13-6-2-1-3-7-13/h1-9,19H,10-11H2. The molecule has 0 saturated heterocycles. The van der Waals surface area contributed by atoms with Crippen molar-refractivity contribution < 1.29 is 4.42 Å². The van der Waals surface area contributed by atoms with Gasteiger partial charge in [-0.1, -0.05) is 30.3 Å². The summed E-state index contributed by atoms with van der Waals surface area (Å²) in [6.07, 6.45) is 0.597. The summed E-state index contributed by atoms with van der Waals surface area (Å²) < 4.78 is 5.64. The molecular weight excluding hydrogens is 276 g/mol. The van der Waals surface area contributed by atoms with Crippen LogP contribution in [0.25, 0.3) is 11.5 Å². The fourth-order valence-electron chi connectivity index (χ4n) is 2.09. The molecule has 108 valence electrons. The second-order valence-electron chi connectivity index (χ2n) is 4.70. The molecule has 0 atom stereocenters. The van der Waals surface area contributed by atoms with Crippen molar-refractivity contribution in [3.05, 3.63) is 66.1 Å². The van der Waals surface area contributed by atoms with Crippen molar-refractivity contribution in [2.45, 2.75) is 6.42 Å². The van der Waals surface area contributed by atoms with E-state index < -0.39 is 0 Å². The summed E-state index contributed by atoms with van der Waals surface area (Å²) >= 11 is 0. The minimum atomic E-state index is 0.521. The van der Waals surface area contributed by atoms with Crippen molar-refractivity contribution in [1.82, 2.24) is 10.2 Å². The van der Waals surface area contributed by atoms with Crippen molar-refractivity contribution in [3.63, 3.8) is 0 Å². The summed E-state index contributed by atoms with van der Waals surface area (Å²) in [4.78, 5) is 0. The third kappa shape index (κ3) is 3.13. The average molecular weight is 290 g/mol. The molecule has 2 aromatic carbocycles. The van der Waals surface area contributed by atoms with E-state index >= 15 is 0 Å². The molecule has 0 aliphatic heterocycles. The van der Waals surface area contributed by atoms with E-state index in [0.29, 0.717) is 30.3 Å². The number of anilines is 1. The first-order chi connectivity index (χ1) is 10.9. The fourth-order valence-corrected chi connectivity index (χ4v) is 2.09. The van der Waals surface area contributed by atoms with Crippen LogP contribution in [0.4, 0.5) is 5.69 Å². The highest BCUT2D eigenvalue weighted by molar-refractivity contribution is 5.57. The third-order valence-corrected chi connectivity index (χ3v) is 3.19. The maximum Gasteiger partial charge on any atom is 0.247 e. The first kappa shape index (κ1) is 13.8. The van der Waals surface area contributed by atoms with Gasteiger partial charge in [0.15, 0.2) is 0 Å². The highest BCUT2D eigenvalue weighted by Gasteiger charge is 2.08. The Hall–Kier alpha value is -3.13. The number of para-hydroxylation sites is 1. The smallest absolute Gasteiger partial charge is 0.247 e. The van der Waals surface area contributed by atoms with E-state index in [1.165, 1.54) is 0 Å². The SMILES string of the molecule is N#Cc1ccccc1NCCc1nnc(-c2ccccc2)o1. The molecule has 5 heteroatoms. The topological polar surface area (TPSA) is 74.7 Å². The molecule has 3 aromatic rings. The quantitative estimate of drug-likeness (QED) is 0.780. The number of nitriles is 1. The highest BCUT2D eigenvalue weighted by Crippen LogP contribution is 2.17. The van der Waals surface area contributed by atoms with Crippen LogP contribution in [0.5, 0.6) is 0 Å². The van der Waals surface area contributed by atoms with Crippen molar-refractivity contribution in [3.8, 4) is 17.5 Å². The van der Waals surface area contributed by atoms with Gasteiger partial charge in [0.05, 0.1) is 11.3 Å². The summed E-state index contributed by atoms with van der Waals surface area (Å²) in [5.41, 5.74) is 2.34. The van der Waals surface area contributed by atoms with Gasteiger partial charge < -0.3 is 9.73 Å². The third-order valence-electron chi connectivity index (χ3n) is 3.19. The first-order valence-electron chi connectivity index (χ1n) is 6.97. The Morgan fingerprint density at radius 2 is 1.77 bits per heavy atom. The van der Waals surface area contributed by atoms with Crippen molar-refractivity contribution in [2.24, 2.45) is 0 Å². The zero-order valence-corrected chi connectivity index (χ0v) is 11.9. The molecule has 0 fully saturated rings. The van der Waals surface area contributed by atoms with E-state index in [9.17, 15) is 0 Å². The average Bonchev–Trinajstić information content (AvgIpc) is 3.05. The number of nitrogens with zero attached hydrogens (tertiary/aromatic N) is 3. The predicted octanol–water partition coefficient (Wildman–Crippen LogP) is 3.26. The van der Waals surface area contributed by atoms with Gasteiger partial charge in [-0.15, -0.1) is 10.2 Å². The Morgan fingerprint density at radius 3 is 2.59 bits per heavy atom. The number of hydrogen-bond donors (Lipinski definition) is 1. The van der Waals surface area contributed by atoms with Gasteiger partial charge in [-0.3, -0.25) is 0 Å². The van der Waals surface area contributed by atoms with Gasteiger partial charge in [-0.05, 0) is 24.3 Å². The lowest BCUT2D eigenvalue weighted by molar-refractivity contribution is 0.509. The Morgan fingerprint density at radius 1 is 1.00 bits per heavy atom. The lowest BCUT2D eigenvalue weighted by Gasteiger charge is -2.05. The van der Waals surface area contributed by atoms with Gasteiger partial charge in [0.1, 0.15) is 6.07 Å². The summed E-state index contributed by atoms with van der Waals surface area (Å²) in [6, 6.07) is 19.2. The van der Waals surface area contributed by atoms with Crippen LogP contribution in [-0.2, 0) is 6.42 Å². The molecule has 0 aliphatic carbocycles. The summed E-state index contributed by atoms with van der Waals surface area (Å²) in [5.74, 6) is 1.09. The Balaban J connectivity index is 1.61. The second kappa shape index (κ2) is 6.55. The largest absolute Gasteiger partial charge is 0.421 e. The number of hydrogen-bond acceptors (Lipinski definition) is 5. The Labute approximate surface area is 128 Å². The minimum absolute atomic E-state index is 0.521. The van der Waals surface area contributed by atoms with E-state index in [1.807, 2.05) is 48.5 Å². The minimum Gasteiger partial charge on any atom is -0.421 e. The summed E-state index contributed by atoms with van der Waals surface area (Å²) in [6.45, 7) is 0.620. The lowest BCUT2D eigenvalue weighted by Crippen LogP contribution is -2.06. The molecule has 0 unspecified atom stereocenters. The molecule has 0 spiro atoms. The Kier molecular flexibility index (Phi) is 4.12. The van der Waals surface area contributed by atoms with Crippen molar-refractivity contribution in [1.29, 1.82) is 5.26 Å². The van der Waals surface area contributed by atoms with Crippen LogP contribution in [-0.4, -0.2) is 16.7 Å². The molecule has 0 amide bonds. The van der Waals surface area contributed by atoms with E-state index in [-0.39, 0.29) is 0 Å². The monoisotopic (exact) mass is 290 g/mol. The van der Waals surface area contributed by atoms with Crippen molar-refractivity contribution in [2.75, 3.05) is 11.9 Å². The van der Waals surface area contributed by atoms with Crippen LogP contribution in [0.15, 0.2) is 59.0 Å². The molecule has 0 aliphatic rings. The van der Waals surface area contributed by atoms with Crippen LogP contribution < -0.4 is 5.32 Å². The van der Waals surface area contributed by atoms with E-state index in [0.717, 1.165) is 11.3 Å². The van der Waals surface area contributed by atoms with E-state index in [4.69, 9.17) is 9.68 Å². The van der Waals surface area contributed by atoms with Gasteiger partial charge in [-0.25, -0.2) is 0 Å². The van der Waals surface area contributed by atoms with Crippen LogP contribution >= 0.6 is 0 Å². The van der Waals surface area contributed by atoms with E-state index in [1.54, 1.807) is 6.07 Å². The maximum absolute atomic E-state index is 9.03. The van der Waals surface area contributed by atoms with Crippen LogP contribution in [0.3, 0.4) is 0 Å². The molecule has 0 saturated carbocycles. The Bertz CT molecular complexity index is 790. The van der Waals surface area contributed by atoms with Gasteiger partial charge in [0.2, 0.25) is 11.8 Å². The molecule has 3 rings (SSSR count). The summed E-state index contributed by atoms with van der Waals surface area (Å²) in [5, 5.41) is 20.3. The molecule has 1 aromatic heterocycles. The normalized spacial score (nSPS) is 10.1. The van der Waals surface area contributed by atoms with Crippen LogP contribution in [0, 0.1) is 11.3 Å². The second-order valence-corrected chi connectivity index (χ2v) is 4.70. The molecule has 1 heterocycles. The highest BCUT2D eigenvalue weighted by atomic mass is 16.4. The number of rotatable bonds is 5. The fraction of sp³-hybridized carbons (Fsp3) is 0.118. The number of nitrogens with one attached hydrogen (secondary N) is 1. The van der Waals surface area contributed by atoms with Gasteiger partial charge in [0.25, 0.3) is 0 Å². The van der Waals surface area contributed by atoms with E-state index in [2.05, 4.69) is 21.6 Å². The zero-order valence-electron chi connectivity index (χ0n) is 11.9. The van der Waals surface area contributed by atoms with Gasteiger partial charge in [0, 0.05) is 18.5 Å². The number of benzene rings is 2. The van der Waals surface area contributed by atoms with Crippen molar-refractivity contribution >= 4 is 5.69 Å². The molecular formula is C17H14N4O. The first-order valence-corrected chi connectivity index (χ1v) is 6.97. The molecule has 22 heavy (non-hydrogen) atoms.